The fourth-order valence-electron chi connectivity index (χ4n) is 3.86. The third-order valence-corrected chi connectivity index (χ3v) is 5.23. The van der Waals surface area contributed by atoms with Crippen LogP contribution in [0, 0.1) is 5.82 Å². The normalized spacial score (nSPS) is 15.7. The molecule has 0 amide bonds. The molecule has 27 heavy (non-hydrogen) atoms. The Morgan fingerprint density at radius 1 is 1.11 bits per heavy atom. The number of aromatic amines is 1. The van der Waals surface area contributed by atoms with Crippen LogP contribution in [0.15, 0.2) is 42.5 Å². The molecular weight excluding hydrogens is 343 g/mol. The Labute approximate surface area is 156 Å². The van der Waals surface area contributed by atoms with Crippen molar-refractivity contribution in [3.05, 3.63) is 48.3 Å². The third-order valence-electron chi connectivity index (χ3n) is 5.23. The van der Waals surface area contributed by atoms with Gasteiger partial charge in [0.2, 0.25) is 0 Å². The molecule has 0 radical (unpaired) electrons. The monoisotopic (exact) mass is 364 g/mol. The van der Waals surface area contributed by atoms with E-state index in [4.69, 9.17) is 9.72 Å². The first-order chi connectivity index (χ1) is 13.3. The summed E-state index contributed by atoms with van der Waals surface area (Å²) >= 11 is 0. The number of hydrogen-bond donors (Lipinski definition) is 2. The number of nitrogens with zero attached hydrogens (tertiary/aromatic N) is 2. The fourth-order valence-corrected chi connectivity index (χ4v) is 3.86. The van der Waals surface area contributed by atoms with Gasteiger partial charge in [0.1, 0.15) is 11.6 Å². The number of anilines is 1. The molecule has 0 bridgehead atoms. The SMILES string of the molecule is Fc1ccc2nc(NCCN3CCOCC3)c3c4ccccc4[nH]c3c2c1. The molecule has 2 aromatic heterocycles. The first-order valence-electron chi connectivity index (χ1n) is 9.33. The van der Waals surface area contributed by atoms with Gasteiger partial charge in [-0.1, -0.05) is 18.2 Å². The number of aromatic nitrogens is 2. The smallest absolute Gasteiger partial charge is 0.136 e. The van der Waals surface area contributed by atoms with Gasteiger partial charge in [-0.3, -0.25) is 4.90 Å². The summed E-state index contributed by atoms with van der Waals surface area (Å²) in [6.07, 6.45) is 0. The summed E-state index contributed by atoms with van der Waals surface area (Å²) in [4.78, 5) is 10.7. The summed E-state index contributed by atoms with van der Waals surface area (Å²) in [5.74, 6) is 0.590. The van der Waals surface area contributed by atoms with Gasteiger partial charge in [-0.25, -0.2) is 9.37 Å². The van der Waals surface area contributed by atoms with Crippen LogP contribution in [-0.2, 0) is 4.74 Å². The minimum absolute atomic E-state index is 0.253. The van der Waals surface area contributed by atoms with Crippen molar-refractivity contribution in [3.63, 3.8) is 0 Å². The van der Waals surface area contributed by atoms with Crippen molar-refractivity contribution < 1.29 is 9.13 Å². The number of pyridine rings is 1. The van der Waals surface area contributed by atoms with E-state index in [1.54, 1.807) is 12.1 Å². The topological polar surface area (TPSA) is 53.2 Å². The molecule has 5 nitrogen and oxygen atoms in total. The molecule has 138 valence electrons. The number of ether oxygens (including phenoxy) is 1. The highest BCUT2D eigenvalue weighted by molar-refractivity contribution is 6.20. The summed E-state index contributed by atoms with van der Waals surface area (Å²) in [7, 11) is 0. The van der Waals surface area contributed by atoms with Crippen molar-refractivity contribution in [1.82, 2.24) is 14.9 Å². The number of benzene rings is 2. The lowest BCUT2D eigenvalue weighted by atomic mass is 10.1. The van der Waals surface area contributed by atoms with Crippen LogP contribution in [0.1, 0.15) is 0 Å². The number of nitrogens with one attached hydrogen (secondary N) is 2. The second-order valence-corrected chi connectivity index (χ2v) is 6.92. The molecule has 0 atom stereocenters. The average Bonchev–Trinajstić information content (AvgIpc) is 3.09. The summed E-state index contributed by atoms with van der Waals surface area (Å²) in [6.45, 7) is 5.27. The molecule has 1 fully saturated rings. The molecule has 1 aliphatic heterocycles. The number of para-hydroxylation sites is 1. The van der Waals surface area contributed by atoms with Crippen molar-refractivity contribution in [1.29, 1.82) is 0 Å². The van der Waals surface area contributed by atoms with Crippen LogP contribution in [0.4, 0.5) is 10.2 Å². The highest BCUT2D eigenvalue weighted by atomic mass is 19.1. The lowest BCUT2D eigenvalue weighted by Crippen LogP contribution is -2.39. The predicted molar refractivity (Wildman–Crippen MR) is 107 cm³/mol. The van der Waals surface area contributed by atoms with Gasteiger partial charge in [-0.15, -0.1) is 0 Å². The molecule has 0 saturated carbocycles. The minimum Gasteiger partial charge on any atom is -0.379 e. The summed E-state index contributed by atoms with van der Waals surface area (Å²) in [5.41, 5.74) is 2.74. The van der Waals surface area contributed by atoms with Gasteiger partial charge in [0, 0.05) is 42.5 Å². The van der Waals surface area contributed by atoms with Crippen LogP contribution in [0.3, 0.4) is 0 Å². The quantitative estimate of drug-likeness (QED) is 0.579. The number of rotatable bonds is 4. The van der Waals surface area contributed by atoms with Gasteiger partial charge in [0.15, 0.2) is 0 Å². The van der Waals surface area contributed by atoms with E-state index in [-0.39, 0.29) is 5.82 Å². The molecule has 3 heterocycles. The van der Waals surface area contributed by atoms with E-state index in [1.807, 2.05) is 18.2 Å². The number of morpholine rings is 1. The van der Waals surface area contributed by atoms with Crippen molar-refractivity contribution in [2.45, 2.75) is 0 Å². The van der Waals surface area contributed by atoms with E-state index in [1.165, 1.54) is 6.07 Å². The van der Waals surface area contributed by atoms with Crippen molar-refractivity contribution in [2.75, 3.05) is 44.7 Å². The Kier molecular flexibility index (Phi) is 4.14. The molecule has 4 aromatic rings. The lowest BCUT2D eigenvalue weighted by molar-refractivity contribution is 0.0398. The number of halogens is 1. The van der Waals surface area contributed by atoms with Gasteiger partial charge in [0.05, 0.1) is 29.6 Å². The van der Waals surface area contributed by atoms with Crippen molar-refractivity contribution in [3.8, 4) is 0 Å². The fraction of sp³-hybridized carbons (Fsp3) is 0.286. The van der Waals surface area contributed by atoms with Crippen LogP contribution >= 0.6 is 0 Å². The Bertz CT molecular complexity index is 1120. The van der Waals surface area contributed by atoms with E-state index in [0.29, 0.717) is 0 Å². The Morgan fingerprint density at radius 3 is 2.85 bits per heavy atom. The molecule has 1 saturated heterocycles. The first kappa shape index (κ1) is 16.5. The number of hydrogen-bond acceptors (Lipinski definition) is 4. The summed E-state index contributed by atoms with van der Waals surface area (Å²) in [5, 5.41) is 6.43. The zero-order valence-electron chi connectivity index (χ0n) is 15.0. The van der Waals surface area contributed by atoms with Gasteiger partial charge < -0.3 is 15.0 Å². The van der Waals surface area contributed by atoms with Crippen LogP contribution in [0.5, 0.6) is 0 Å². The van der Waals surface area contributed by atoms with E-state index in [9.17, 15) is 4.39 Å². The van der Waals surface area contributed by atoms with E-state index in [2.05, 4.69) is 21.3 Å². The first-order valence-corrected chi connectivity index (χ1v) is 9.33. The Morgan fingerprint density at radius 2 is 1.96 bits per heavy atom. The number of H-pyrrole nitrogens is 1. The maximum Gasteiger partial charge on any atom is 0.136 e. The molecule has 0 spiro atoms. The van der Waals surface area contributed by atoms with Crippen molar-refractivity contribution >= 4 is 38.5 Å². The molecule has 0 unspecified atom stereocenters. The molecule has 1 aliphatic rings. The predicted octanol–water partition coefficient (Wildman–Crippen LogP) is 3.75. The second-order valence-electron chi connectivity index (χ2n) is 6.92. The second kappa shape index (κ2) is 6.79. The van der Waals surface area contributed by atoms with E-state index in [0.717, 1.165) is 77.9 Å². The third kappa shape index (κ3) is 3.01. The molecule has 2 aromatic carbocycles. The Hall–Kier alpha value is -2.70. The van der Waals surface area contributed by atoms with Crippen LogP contribution in [0.2, 0.25) is 0 Å². The van der Waals surface area contributed by atoms with Gasteiger partial charge >= 0.3 is 0 Å². The van der Waals surface area contributed by atoms with Crippen LogP contribution < -0.4 is 5.32 Å². The lowest BCUT2D eigenvalue weighted by Gasteiger charge is -2.26. The van der Waals surface area contributed by atoms with Crippen molar-refractivity contribution in [2.24, 2.45) is 0 Å². The van der Waals surface area contributed by atoms with Gasteiger partial charge in [-0.2, -0.15) is 0 Å². The highest BCUT2D eigenvalue weighted by Gasteiger charge is 2.15. The summed E-state index contributed by atoms with van der Waals surface area (Å²) < 4.78 is 19.3. The molecule has 6 heteroatoms. The molecule has 0 aliphatic carbocycles. The zero-order valence-corrected chi connectivity index (χ0v) is 15.0. The van der Waals surface area contributed by atoms with Crippen LogP contribution in [-0.4, -0.2) is 54.3 Å². The minimum atomic E-state index is -0.253. The standard InChI is InChI=1S/C21H21FN4O/c22-14-5-6-18-16(13-14)20-19(15-3-1-2-4-17(15)24-20)21(25-18)23-7-8-26-9-11-27-12-10-26/h1-6,13,24H,7-12H2,(H,23,25). The highest BCUT2D eigenvalue weighted by Crippen LogP contribution is 2.35. The molecular formula is C21H21FN4O. The summed E-state index contributed by atoms with van der Waals surface area (Å²) in [6, 6.07) is 12.9. The molecule has 5 rings (SSSR count). The van der Waals surface area contributed by atoms with Crippen LogP contribution in [0.25, 0.3) is 32.7 Å². The maximum atomic E-state index is 13.9. The largest absolute Gasteiger partial charge is 0.379 e. The van der Waals surface area contributed by atoms with Gasteiger partial charge in [0.25, 0.3) is 0 Å². The molecule has 2 N–H and O–H groups in total. The average molecular weight is 364 g/mol. The Balaban J connectivity index is 1.57. The van der Waals surface area contributed by atoms with E-state index >= 15 is 0 Å². The maximum absolute atomic E-state index is 13.9. The van der Waals surface area contributed by atoms with E-state index < -0.39 is 0 Å². The zero-order chi connectivity index (χ0) is 18.2. The van der Waals surface area contributed by atoms with Gasteiger partial charge in [-0.05, 0) is 24.3 Å². The number of fused-ring (bicyclic) bond motifs is 5.